The Morgan fingerprint density at radius 2 is 1.47 bits per heavy atom. The minimum absolute atomic E-state index is 0.0142. The molecule has 4 saturated carbocycles. The van der Waals surface area contributed by atoms with Crippen molar-refractivity contribution >= 4 is 11.8 Å². The SMILES string of the molecule is CC(COC(=O)C12CC3CC(CC(C3)C1)C2)c1ccccc1C(=O)c1ccccc1. The van der Waals surface area contributed by atoms with Crippen LogP contribution >= 0.6 is 0 Å². The monoisotopic (exact) mass is 402 g/mol. The van der Waals surface area contributed by atoms with Crippen LogP contribution in [0.2, 0.25) is 0 Å². The summed E-state index contributed by atoms with van der Waals surface area (Å²) in [5.74, 6) is 2.19. The number of esters is 1. The molecule has 0 aromatic heterocycles. The van der Waals surface area contributed by atoms with E-state index in [-0.39, 0.29) is 23.1 Å². The van der Waals surface area contributed by atoms with Gasteiger partial charge >= 0.3 is 5.97 Å². The van der Waals surface area contributed by atoms with Gasteiger partial charge in [0.2, 0.25) is 0 Å². The molecule has 2 aromatic rings. The number of benzene rings is 2. The van der Waals surface area contributed by atoms with E-state index in [1.807, 2.05) is 61.5 Å². The lowest BCUT2D eigenvalue weighted by Crippen LogP contribution is -2.50. The maximum atomic E-state index is 13.2. The Balaban J connectivity index is 1.29. The first-order valence-corrected chi connectivity index (χ1v) is 11.4. The summed E-state index contributed by atoms with van der Waals surface area (Å²) in [5.41, 5.74) is 2.10. The van der Waals surface area contributed by atoms with Crippen molar-refractivity contribution in [2.75, 3.05) is 6.61 Å². The number of rotatable bonds is 6. The van der Waals surface area contributed by atoms with Gasteiger partial charge in [0, 0.05) is 17.0 Å². The second-order valence-electron chi connectivity index (χ2n) is 9.98. The van der Waals surface area contributed by atoms with Crippen LogP contribution in [0.25, 0.3) is 0 Å². The van der Waals surface area contributed by atoms with Crippen LogP contribution in [-0.4, -0.2) is 18.4 Å². The number of carbonyl (C=O) groups is 2. The summed E-state index contributed by atoms with van der Waals surface area (Å²) >= 11 is 0. The van der Waals surface area contributed by atoms with Crippen LogP contribution in [0.3, 0.4) is 0 Å². The number of hydrogen-bond acceptors (Lipinski definition) is 3. The summed E-state index contributed by atoms with van der Waals surface area (Å²) in [4.78, 5) is 26.2. The van der Waals surface area contributed by atoms with E-state index in [0.29, 0.717) is 17.7 Å². The van der Waals surface area contributed by atoms with E-state index in [1.165, 1.54) is 19.3 Å². The van der Waals surface area contributed by atoms with Gasteiger partial charge in [0.15, 0.2) is 5.78 Å². The minimum atomic E-state index is -0.228. The van der Waals surface area contributed by atoms with Crippen LogP contribution in [0.4, 0.5) is 0 Å². The van der Waals surface area contributed by atoms with Crippen LogP contribution in [0, 0.1) is 23.2 Å². The third-order valence-electron chi connectivity index (χ3n) is 7.71. The Bertz CT molecular complexity index is 910. The average Bonchev–Trinajstić information content (AvgIpc) is 2.76. The predicted molar refractivity (Wildman–Crippen MR) is 116 cm³/mol. The topological polar surface area (TPSA) is 43.4 Å². The van der Waals surface area contributed by atoms with Gasteiger partial charge in [0.05, 0.1) is 12.0 Å². The Hall–Kier alpha value is -2.42. The van der Waals surface area contributed by atoms with Crippen LogP contribution in [-0.2, 0) is 9.53 Å². The summed E-state index contributed by atoms with van der Waals surface area (Å²) in [7, 11) is 0. The Morgan fingerprint density at radius 1 is 0.900 bits per heavy atom. The lowest BCUT2D eigenvalue weighted by atomic mass is 9.49. The third-order valence-corrected chi connectivity index (χ3v) is 7.71. The van der Waals surface area contributed by atoms with E-state index in [2.05, 4.69) is 0 Å². The highest BCUT2D eigenvalue weighted by Gasteiger charge is 2.55. The van der Waals surface area contributed by atoms with E-state index in [9.17, 15) is 9.59 Å². The molecule has 1 atom stereocenters. The van der Waals surface area contributed by atoms with Gasteiger partial charge in [-0.1, -0.05) is 61.5 Å². The first-order valence-electron chi connectivity index (χ1n) is 11.4. The maximum absolute atomic E-state index is 13.2. The molecule has 2 aromatic carbocycles. The lowest BCUT2D eigenvalue weighted by Gasteiger charge is -2.55. The molecule has 0 heterocycles. The molecule has 0 amide bonds. The van der Waals surface area contributed by atoms with E-state index in [4.69, 9.17) is 4.74 Å². The van der Waals surface area contributed by atoms with E-state index < -0.39 is 0 Å². The third kappa shape index (κ3) is 3.49. The van der Waals surface area contributed by atoms with Gasteiger partial charge in [-0.05, 0) is 61.8 Å². The molecule has 30 heavy (non-hydrogen) atoms. The molecule has 3 heteroatoms. The van der Waals surface area contributed by atoms with Crippen molar-refractivity contribution in [3.8, 4) is 0 Å². The van der Waals surface area contributed by atoms with E-state index in [1.54, 1.807) is 0 Å². The van der Waals surface area contributed by atoms with Gasteiger partial charge in [-0.15, -0.1) is 0 Å². The molecule has 1 unspecified atom stereocenters. The van der Waals surface area contributed by atoms with Gasteiger partial charge in [-0.3, -0.25) is 9.59 Å². The fourth-order valence-electron chi connectivity index (χ4n) is 6.68. The van der Waals surface area contributed by atoms with Crippen molar-refractivity contribution < 1.29 is 14.3 Å². The normalized spacial score (nSPS) is 30.1. The molecular weight excluding hydrogens is 372 g/mol. The van der Waals surface area contributed by atoms with Crippen LogP contribution in [0.5, 0.6) is 0 Å². The van der Waals surface area contributed by atoms with Crippen molar-refractivity contribution in [2.45, 2.75) is 51.4 Å². The Morgan fingerprint density at radius 3 is 2.10 bits per heavy atom. The fourth-order valence-corrected chi connectivity index (χ4v) is 6.68. The molecule has 0 N–H and O–H groups in total. The minimum Gasteiger partial charge on any atom is -0.465 e. The standard InChI is InChI=1S/C27H30O3/c1-18(23-9-5-6-10-24(23)25(28)22-7-3-2-4-8-22)17-30-26(29)27-14-19-11-20(15-27)13-21(12-19)16-27/h2-10,18-21H,11-17H2,1H3. The maximum Gasteiger partial charge on any atom is 0.312 e. The van der Waals surface area contributed by atoms with Crippen molar-refractivity contribution in [1.82, 2.24) is 0 Å². The van der Waals surface area contributed by atoms with E-state index >= 15 is 0 Å². The molecule has 0 radical (unpaired) electrons. The molecule has 0 saturated heterocycles. The van der Waals surface area contributed by atoms with Gasteiger partial charge in [0.1, 0.15) is 0 Å². The Kier molecular flexibility index (Phi) is 5.00. The van der Waals surface area contributed by atoms with Crippen molar-refractivity contribution in [3.05, 3.63) is 71.3 Å². The molecule has 156 valence electrons. The van der Waals surface area contributed by atoms with Gasteiger partial charge in [0.25, 0.3) is 0 Å². The van der Waals surface area contributed by atoms with Gasteiger partial charge < -0.3 is 4.74 Å². The number of ketones is 1. The zero-order valence-electron chi connectivity index (χ0n) is 17.7. The summed E-state index contributed by atoms with van der Waals surface area (Å²) in [6, 6.07) is 17.1. The second-order valence-corrected chi connectivity index (χ2v) is 9.98. The largest absolute Gasteiger partial charge is 0.465 e. The highest BCUT2D eigenvalue weighted by molar-refractivity contribution is 6.10. The van der Waals surface area contributed by atoms with Crippen molar-refractivity contribution in [3.63, 3.8) is 0 Å². The summed E-state index contributed by atoms with van der Waals surface area (Å²) in [6.07, 6.45) is 7.02. The summed E-state index contributed by atoms with van der Waals surface area (Å²) in [6.45, 7) is 2.38. The molecule has 0 aliphatic heterocycles. The fraction of sp³-hybridized carbons (Fsp3) is 0.481. The smallest absolute Gasteiger partial charge is 0.312 e. The molecule has 4 aliphatic rings. The van der Waals surface area contributed by atoms with Crippen LogP contribution in [0.15, 0.2) is 54.6 Å². The number of hydrogen-bond donors (Lipinski definition) is 0. The molecule has 4 fully saturated rings. The number of ether oxygens (including phenoxy) is 1. The molecule has 3 nitrogen and oxygen atoms in total. The molecule has 0 spiro atoms. The van der Waals surface area contributed by atoms with Gasteiger partial charge in [-0.25, -0.2) is 0 Å². The average molecular weight is 403 g/mol. The summed E-state index contributed by atoms with van der Waals surface area (Å²) in [5, 5.41) is 0. The highest BCUT2D eigenvalue weighted by atomic mass is 16.5. The van der Waals surface area contributed by atoms with Crippen molar-refractivity contribution in [1.29, 1.82) is 0 Å². The molecule has 4 bridgehead atoms. The summed E-state index contributed by atoms with van der Waals surface area (Å²) < 4.78 is 5.93. The highest BCUT2D eigenvalue weighted by Crippen LogP contribution is 2.60. The van der Waals surface area contributed by atoms with Gasteiger partial charge in [-0.2, -0.15) is 0 Å². The van der Waals surface area contributed by atoms with Crippen molar-refractivity contribution in [2.24, 2.45) is 23.2 Å². The Labute approximate surface area is 178 Å². The quantitative estimate of drug-likeness (QED) is 0.454. The molecule has 4 aliphatic carbocycles. The number of carbonyl (C=O) groups excluding carboxylic acids is 2. The molecular formula is C27H30O3. The predicted octanol–water partition coefficient (Wildman–Crippen LogP) is 5.78. The van der Waals surface area contributed by atoms with E-state index in [0.717, 1.165) is 42.6 Å². The first kappa shape index (κ1) is 19.5. The zero-order chi connectivity index (χ0) is 20.7. The first-order chi connectivity index (χ1) is 14.5. The molecule has 6 rings (SSSR count). The lowest BCUT2D eigenvalue weighted by molar-refractivity contribution is -0.172. The van der Waals surface area contributed by atoms with Crippen LogP contribution in [0.1, 0.15) is 72.9 Å². The zero-order valence-corrected chi connectivity index (χ0v) is 17.7. The second kappa shape index (κ2) is 7.68. The van der Waals surface area contributed by atoms with Crippen LogP contribution < -0.4 is 0 Å².